The van der Waals surface area contributed by atoms with Crippen molar-refractivity contribution in [2.24, 2.45) is 5.92 Å². The van der Waals surface area contributed by atoms with Crippen LogP contribution in [0.1, 0.15) is 20.3 Å². The van der Waals surface area contributed by atoms with E-state index in [1.807, 2.05) is 13.8 Å². The van der Waals surface area contributed by atoms with Gasteiger partial charge in [-0.05, 0) is 5.92 Å². The maximum absolute atomic E-state index is 11.8. The number of amides is 1. The minimum atomic E-state index is -0.233. The molecule has 1 atom stereocenters. The molecule has 0 aromatic heterocycles. The summed E-state index contributed by atoms with van der Waals surface area (Å²) >= 11 is 0. The Balaban J connectivity index is 2.43. The molecule has 1 aliphatic heterocycles. The summed E-state index contributed by atoms with van der Waals surface area (Å²) in [4.78, 5) is 13.5. The van der Waals surface area contributed by atoms with E-state index in [1.165, 1.54) is 0 Å². The maximum atomic E-state index is 11.8. The first kappa shape index (κ1) is 13.0. The van der Waals surface area contributed by atoms with Crippen LogP contribution in [-0.4, -0.2) is 43.4 Å². The first-order chi connectivity index (χ1) is 7.65. The van der Waals surface area contributed by atoms with E-state index < -0.39 is 0 Å². The third-order valence-corrected chi connectivity index (χ3v) is 2.66. The summed E-state index contributed by atoms with van der Waals surface area (Å²) in [5.41, 5.74) is 0. The molecule has 0 aromatic rings. The molecular formula is C12H21NO3. The Hall–Kier alpha value is -1.03. The number of ether oxygens (including phenoxy) is 2. The van der Waals surface area contributed by atoms with Crippen molar-refractivity contribution < 1.29 is 14.3 Å². The highest BCUT2D eigenvalue weighted by molar-refractivity contribution is 5.67. The molecule has 1 aliphatic rings. The molecule has 4 heteroatoms. The Bertz CT molecular complexity index is 234. The molecule has 0 saturated carbocycles. The van der Waals surface area contributed by atoms with E-state index in [0.717, 1.165) is 0 Å². The lowest BCUT2D eigenvalue weighted by molar-refractivity contribution is 0.00416. The number of hydrogen-bond acceptors (Lipinski definition) is 3. The van der Waals surface area contributed by atoms with Crippen molar-refractivity contribution in [1.29, 1.82) is 0 Å². The highest BCUT2D eigenvalue weighted by Crippen LogP contribution is 2.13. The Kier molecular flexibility index (Phi) is 5.32. The molecule has 0 radical (unpaired) electrons. The second-order valence-corrected chi connectivity index (χ2v) is 4.29. The third-order valence-electron chi connectivity index (χ3n) is 2.66. The average molecular weight is 227 g/mol. The highest BCUT2D eigenvalue weighted by atomic mass is 16.6. The summed E-state index contributed by atoms with van der Waals surface area (Å²) in [5.74, 6) is 0.308. The lowest BCUT2D eigenvalue weighted by Gasteiger charge is -2.29. The summed E-state index contributed by atoms with van der Waals surface area (Å²) in [7, 11) is 0. The second kappa shape index (κ2) is 6.53. The molecule has 16 heavy (non-hydrogen) atoms. The van der Waals surface area contributed by atoms with E-state index in [1.54, 1.807) is 11.0 Å². The lowest BCUT2D eigenvalue weighted by atomic mass is 10.0. The van der Waals surface area contributed by atoms with Gasteiger partial charge < -0.3 is 14.4 Å². The van der Waals surface area contributed by atoms with Gasteiger partial charge in [0.15, 0.2) is 0 Å². The summed E-state index contributed by atoms with van der Waals surface area (Å²) in [6.07, 6.45) is 2.18. The van der Waals surface area contributed by atoms with Gasteiger partial charge in [0.1, 0.15) is 6.10 Å². The maximum Gasteiger partial charge on any atom is 0.410 e. The number of hydrogen-bond donors (Lipinski definition) is 0. The normalized spacial score (nSPS) is 18.3. The molecule has 1 fully saturated rings. The van der Waals surface area contributed by atoms with Crippen molar-refractivity contribution in [3.05, 3.63) is 12.7 Å². The largest absolute Gasteiger partial charge is 0.445 e. The fourth-order valence-electron chi connectivity index (χ4n) is 1.57. The van der Waals surface area contributed by atoms with Crippen LogP contribution in [0, 0.1) is 5.92 Å². The van der Waals surface area contributed by atoms with Crippen molar-refractivity contribution >= 4 is 6.09 Å². The molecule has 4 nitrogen and oxygen atoms in total. The van der Waals surface area contributed by atoms with Crippen LogP contribution in [-0.2, 0) is 9.47 Å². The van der Waals surface area contributed by atoms with Crippen LogP contribution >= 0.6 is 0 Å². The quantitative estimate of drug-likeness (QED) is 0.690. The lowest BCUT2D eigenvalue weighted by Crippen LogP contribution is -2.42. The van der Waals surface area contributed by atoms with Crippen molar-refractivity contribution in [2.45, 2.75) is 26.4 Å². The van der Waals surface area contributed by atoms with Crippen LogP contribution in [0.3, 0.4) is 0 Å². The van der Waals surface area contributed by atoms with Crippen LogP contribution in [0.15, 0.2) is 12.7 Å². The summed E-state index contributed by atoms with van der Waals surface area (Å²) in [6, 6.07) is 0. The number of rotatable bonds is 4. The van der Waals surface area contributed by atoms with Gasteiger partial charge in [0, 0.05) is 19.5 Å². The summed E-state index contributed by atoms with van der Waals surface area (Å²) in [6.45, 7) is 10.2. The monoisotopic (exact) mass is 227 g/mol. The van der Waals surface area contributed by atoms with Crippen molar-refractivity contribution in [3.8, 4) is 0 Å². The van der Waals surface area contributed by atoms with E-state index in [4.69, 9.17) is 9.47 Å². The molecule has 0 spiro atoms. The van der Waals surface area contributed by atoms with E-state index in [9.17, 15) is 4.79 Å². The van der Waals surface area contributed by atoms with Crippen LogP contribution in [0.5, 0.6) is 0 Å². The van der Waals surface area contributed by atoms with Gasteiger partial charge in [0.25, 0.3) is 0 Å². The van der Waals surface area contributed by atoms with Crippen LogP contribution < -0.4 is 0 Å². The van der Waals surface area contributed by atoms with Gasteiger partial charge in [-0.3, -0.25) is 0 Å². The predicted molar refractivity (Wildman–Crippen MR) is 62.3 cm³/mol. The Morgan fingerprint density at radius 2 is 2.12 bits per heavy atom. The van der Waals surface area contributed by atoms with Gasteiger partial charge in [0.2, 0.25) is 0 Å². The van der Waals surface area contributed by atoms with Crippen LogP contribution in [0.2, 0.25) is 0 Å². The van der Waals surface area contributed by atoms with Gasteiger partial charge in [-0.25, -0.2) is 4.79 Å². The van der Waals surface area contributed by atoms with Crippen molar-refractivity contribution in [1.82, 2.24) is 4.90 Å². The zero-order chi connectivity index (χ0) is 12.0. The first-order valence-electron chi connectivity index (χ1n) is 5.79. The molecule has 0 bridgehead atoms. The zero-order valence-electron chi connectivity index (χ0n) is 10.1. The van der Waals surface area contributed by atoms with E-state index >= 15 is 0 Å². The molecule has 1 heterocycles. The van der Waals surface area contributed by atoms with Gasteiger partial charge in [-0.1, -0.05) is 19.9 Å². The van der Waals surface area contributed by atoms with E-state index in [-0.39, 0.29) is 12.2 Å². The topological polar surface area (TPSA) is 38.8 Å². The number of morpholine rings is 1. The Morgan fingerprint density at radius 1 is 1.50 bits per heavy atom. The van der Waals surface area contributed by atoms with Gasteiger partial charge >= 0.3 is 6.09 Å². The highest BCUT2D eigenvalue weighted by Gasteiger charge is 2.23. The minimum Gasteiger partial charge on any atom is -0.445 e. The fourth-order valence-corrected chi connectivity index (χ4v) is 1.57. The smallest absolute Gasteiger partial charge is 0.410 e. The standard InChI is InChI=1S/C12H21NO3/c1-4-5-11(10(2)3)16-12(14)13-6-8-15-9-7-13/h4,10-11H,1,5-9H2,2-3H3. The Labute approximate surface area is 97.2 Å². The van der Waals surface area contributed by atoms with Crippen molar-refractivity contribution in [2.75, 3.05) is 26.3 Å². The molecule has 92 valence electrons. The summed E-state index contributed by atoms with van der Waals surface area (Å²) in [5, 5.41) is 0. The predicted octanol–water partition coefficient (Wildman–Crippen LogP) is 2.06. The number of nitrogens with zero attached hydrogens (tertiary/aromatic N) is 1. The Morgan fingerprint density at radius 3 is 2.62 bits per heavy atom. The zero-order valence-corrected chi connectivity index (χ0v) is 10.1. The van der Waals surface area contributed by atoms with E-state index in [0.29, 0.717) is 38.6 Å². The van der Waals surface area contributed by atoms with Crippen molar-refractivity contribution in [3.63, 3.8) is 0 Å². The third kappa shape index (κ3) is 3.85. The molecule has 1 unspecified atom stereocenters. The van der Waals surface area contributed by atoms with Crippen LogP contribution in [0.25, 0.3) is 0 Å². The molecule has 1 amide bonds. The number of carbonyl (C=O) groups excluding carboxylic acids is 1. The SMILES string of the molecule is C=CCC(OC(=O)N1CCOCC1)C(C)C. The fraction of sp³-hybridized carbons (Fsp3) is 0.750. The van der Waals surface area contributed by atoms with Gasteiger partial charge in [-0.15, -0.1) is 6.58 Å². The number of carbonyl (C=O) groups is 1. The molecular weight excluding hydrogens is 206 g/mol. The molecule has 1 rings (SSSR count). The molecule has 0 N–H and O–H groups in total. The van der Waals surface area contributed by atoms with Crippen LogP contribution in [0.4, 0.5) is 4.79 Å². The summed E-state index contributed by atoms with van der Waals surface area (Å²) < 4.78 is 10.6. The van der Waals surface area contributed by atoms with Gasteiger partial charge in [-0.2, -0.15) is 0 Å². The molecule has 0 aliphatic carbocycles. The first-order valence-corrected chi connectivity index (χ1v) is 5.79. The second-order valence-electron chi connectivity index (χ2n) is 4.29. The minimum absolute atomic E-state index is 0.0761. The van der Waals surface area contributed by atoms with E-state index in [2.05, 4.69) is 6.58 Å². The van der Waals surface area contributed by atoms with Gasteiger partial charge in [0.05, 0.1) is 13.2 Å². The average Bonchev–Trinajstić information content (AvgIpc) is 2.29. The molecule has 1 saturated heterocycles. The molecule has 0 aromatic carbocycles.